The van der Waals surface area contributed by atoms with Gasteiger partial charge in [-0.2, -0.15) is 0 Å². The number of fused-ring (bicyclic) bond motifs is 1. The number of nitrogens with zero attached hydrogens (tertiary/aromatic N) is 4. The lowest BCUT2D eigenvalue weighted by Gasteiger charge is -2.15. The van der Waals surface area contributed by atoms with Gasteiger partial charge in [0.25, 0.3) is 5.92 Å². The fourth-order valence-electron chi connectivity index (χ4n) is 3.33. The topological polar surface area (TPSA) is 54.6 Å². The predicted molar refractivity (Wildman–Crippen MR) is 128 cm³/mol. The van der Waals surface area contributed by atoms with Gasteiger partial charge in [0.2, 0.25) is 5.95 Å². The van der Waals surface area contributed by atoms with Crippen molar-refractivity contribution in [2.24, 2.45) is 16.8 Å². The van der Waals surface area contributed by atoms with Crippen LogP contribution >= 0.6 is 0 Å². The van der Waals surface area contributed by atoms with Crippen molar-refractivity contribution >= 4 is 22.9 Å². The number of aliphatic imine (C=N–C) groups is 1. The number of halogens is 3. The van der Waals surface area contributed by atoms with E-state index in [2.05, 4.69) is 41.2 Å². The molecule has 1 N–H and O–H groups in total. The highest BCUT2D eigenvalue weighted by atomic mass is 19.3. The summed E-state index contributed by atoms with van der Waals surface area (Å²) in [5.74, 6) is -2.73. The van der Waals surface area contributed by atoms with Gasteiger partial charge in [0.1, 0.15) is 11.5 Å². The molecular formula is C25H32F3N5. The molecule has 1 aliphatic rings. The van der Waals surface area contributed by atoms with E-state index in [0.29, 0.717) is 29.6 Å². The third-order valence-corrected chi connectivity index (χ3v) is 4.97. The number of anilines is 1. The average molecular weight is 460 g/mol. The molecule has 0 aliphatic heterocycles. The lowest BCUT2D eigenvalue weighted by Crippen LogP contribution is -2.30. The summed E-state index contributed by atoms with van der Waals surface area (Å²) in [5.41, 5.74) is 3.92. The fourth-order valence-corrected chi connectivity index (χ4v) is 3.33. The molecule has 0 unspecified atom stereocenters. The van der Waals surface area contributed by atoms with Crippen LogP contribution in [0.25, 0.3) is 16.6 Å². The van der Waals surface area contributed by atoms with Crippen LogP contribution in [0.15, 0.2) is 35.6 Å². The normalized spacial score (nSPS) is 13.6. The lowest BCUT2D eigenvalue weighted by atomic mass is 10.0. The zero-order valence-electron chi connectivity index (χ0n) is 20.1. The van der Waals surface area contributed by atoms with E-state index in [9.17, 15) is 13.2 Å². The number of benzene rings is 1. The van der Waals surface area contributed by atoms with Crippen molar-refractivity contribution in [3.63, 3.8) is 0 Å². The van der Waals surface area contributed by atoms with Crippen LogP contribution in [0.4, 0.5) is 24.8 Å². The maximum Gasteiger partial charge on any atom is 0.267 e. The quantitative estimate of drug-likeness (QED) is 0.401. The molecule has 5 nitrogen and oxygen atoms in total. The van der Waals surface area contributed by atoms with Gasteiger partial charge in [0.05, 0.1) is 18.3 Å². The van der Waals surface area contributed by atoms with Crippen LogP contribution in [-0.2, 0) is 0 Å². The maximum absolute atomic E-state index is 14.6. The third kappa shape index (κ3) is 6.33. The molecule has 0 radical (unpaired) electrons. The first-order valence-corrected chi connectivity index (χ1v) is 11.3. The van der Waals surface area contributed by atoms with Gasteiger partial charge >= 0.3 is 0 Å². The van der Waals surface area contributed by atoms with Gasteiger partial charge in [-0.25, -0.2) is 22.7 Å². The second-order valence-corrected chi connectivity index (χ2v) is 9.44. The summed E-state index contributed by atoms with van der Waals surface area (Å²) in [6.07, 6.45) is 4.38. The van der Waals surface area contributed by atoms with E-state index < -0.39 is 24.2 Å². The molecule has 0 amide bonds. The number of alkyl halides is 2. The lowest BCUT2D eigenvalue weighted by molar-refractivity contribution is -0.00834. The molecule has 0 spiro atoms. The van der Waals surface area contributed by atoms with Gasteiger partial charge in [-0.1, -0.05) is 20.8 Å². The summed E-state index contributed by atoms with van der Waals surface area (Å²) < 4.78 is 43.8. The van der Waals surface area contributed by atoms with Gasteiger partial charge in [-0.3, -0.25) is 4.99 Å². The summed E-state index contributed by atoms with van der Waals surface area (Å²) in [6, 6.07) is 5.10. The molecule has 0 bridgehead atoms. The number of hydrogen-bond acceptors (Lipinski definition) is 4. The van der Waals surface area contributed by atoms with Crippen LogP contribution in [0.2, 0.25) is 0 Å². The van der Waals surface area contributed by atoms with Crippen LogP contribution in [0.1, 0.15) is 53.0 Å². The van der Waals surface area contributed by atoms with Gasteiger partial charge in [0, 0.05) is 23.4 Å². The molecule has 1 aliphatic carbocycles. The largest absolute Gasteiger partial charge is 0.347 e. The molecule has 1 aromatic carbocycles. The van der Waals surface area contributed by atoms with E-state index in [1.807, 2.05) is 26.8 Å². The Morgan fingerprint density at radius 3 is 2.48 bits per heavy atom. The predicted octanol–water partition coefficient (Wildman–Crippen LogP) is 7.08. The van der Waals surface area contributed by atoms with E-state index >= 15 is 0 Å². The third-order valence-electron chi connectivity index (χ3n) is 4.97. The first-order chi connectivity index (χ1) is 15.5. The highest BCUT2D eigenvalue weighted by molar-refractivity contribution is 5.85. The number of aryl methyl sites for hydroxylation is 1. The van der Waals surface area contributed by atoms with Gasteiger partial charge in [-0.05, 0) is 68.9 Å². The van der Waals surface area contributed by atoms with Crippen molar-refractivity contribution in [3.8, 4) is 11.1 Å². The van der Waals surface area contributed by atoms with Crippen molar-refractivity contribution in [1.29, 1.82) is 0 Å². The van der Waals surface area contributed by atoms with Crippen molar-refractivity contribution in [3.05, 3.63) is 42.0 Å². The van der Waals surface area contributed by atoms with Gasteiger partial charge < -0.3 is 5.32 Å². The minimum absolute atomic E-state index is 0.130. The Morgan fingerprint density at radius 2 is 1.91 bits per heavy atom. The molecule has 0 atom stereocenters. The molecule has 2 heterocycles. The monoisotopic (exact) mass is 459 g/mol. The van der Waals surface area contributed by atoms with Crippen LogP contribution in [0, 0.1) is 24.6 Å². The summed E-state index contributed by atoms with van der Waals surface area (Å²) in [4.78, 5) is 8.41. The van der Waals surface area contributed by atoms with Crippen LogP contribution in [0.5, 0.6) is 0 Å². The second-order valence-electron chi connectivity index (χ2n) is 9.44. The summed E-state index contributed by atoms with van der Waals surface area (Å²) >= 11 is 0. The first-order valence-electron chi connectivity index (χ1n) is 11.3. The Balaban J connectivity index is 0.000000709. The van der Waals surface area contributed by atoms with E-state index in [1.54, 1.807) is 23.0 Å². The minimum atomic E-state index is -2.75. The smallest absolute Gasteiger partial charge is 0.267 e. The van der Waals surface area contributed by atoms with E-state index in [1.165, 1.54) is 6.07 Å². The number of hydrogen-bond donors (Lipinski definition) is 1. The zero-order valence-corrected chi connectivity index (χ0v) is 20.1. The Hall–Kier alpha value is -2.90. The van der Waals surface area contributed by atoms with Crippen molar-refractivity contribution in [2.75, 3.05) is 11.9 Å². The van der Waals surface area contributed by atoms with Crippen molar-refractivity contribution in [1.82, 2.24) is 14.6 Å². The molecule has 1 fully saturated rings. The second kappa shape index (κ2) is 9.93. The van der Waals surface area contributed by atoms with E-state index in [-0.39, 0.29) is 5.95 Å². The van der Waals surface area contributed by atoms with Gasteiger partial charge in [0.15, 0.2) is 0 Å². The molecule has 4 rings (SSSR count). The van der Waals surface area contributed by atoms with Crippen molar-refractivity contribution < 1.29 is 13.2 Å². The van der Waals surface area contributed by atoms with Crippen LogP contribution in [-0.4, -0.2) is 32.8 Å². The zero-order chi connectivity index (χ0) is 24.3. The summed E-state index contributed by atoms with van der Waals surface area (Å²) in [6.45, 7) is 11.5. The maximum atomic E-state index is 14.6. The molecule has 1 saturated carbocycles. The highest BCUT2D eigenvalue weighted by Crippen LogP contribution is 2.43. The number of aromatic nitrogens is 3. The Morgan fingerprint density at radius 1 is 1.24 bits per heavy atom. The molecule has 33 heavy (non-hydrogen) atoms. The molecular weight excluding hydrogens is 427 g/mol. The molecule has 3 aromatic rings. The number of nitrogens with one attached hydrogen (secondary N) is 1. The standard InChI is InChI=1S/C21H22F3N5.C4H10/c1-12(2)27-19-13(3)8-14(9-17(19)22)16-6-7-29-18(16)10-25-20(28-29)26-11-21(23,24)15-4-5-15;1-4(2)3/h6-10,15H,4-5,11H2,1-3H3,(H,26,28);4H,1-3H3. The Labute approximate surface area is 193 Å². The molecule has 8 heteroatoms. The fraction of sp³-hybridized carbons (Fsp3) is 0.480. The average Bonchev–Trinajstić information content (AvgIpc) is 3.49. The Kier molecular flexibility index (Phi) is 7.44. The Bertz CT molecular complexity index is 1120. The first kappa shape index (κ1) is 24.7. The molecule has 0 saturated heterocycles. The SMILES string of the molecule is CC(C)=Nc1c(C)cc(-c2ccn3nc(NCC(F)(F)C4CC4)ncc23)cc1F.CC(C)C. The van der Waals surface area contributed by atoms with E-state index in [0.717, 1.165) is 22.8 Å². The summed E-state index contributed by atoms with van der Waals surface area (Å²) in [5, 5.41) is 6.87. The number of rotatable bonds is 6. The minimum Gasteiger partial charge on any atom is -0.347 e. The van der Waals surface area contributed by atoms with Gasteiger partial charge in [-0.15, -0.1) is 5.10 Å². The highest BCUT2D eigenvalue weighted by Gasteiger charge is 2.46. The molecule has 178 valence electrons. The molecule has 2 aromatic heterocycles. The van der Waals surface area contributed by atoms with Crippen molar-refractivity contribution in [2.45, 2.75) is 60.3 Å². The summed E-state index contributed by atoms with van der Waals surface area (Å²) in [7, 11) is 0. The van der Waals surface area contributed by atoms with Crippen LogP contribution < -0.4 is 5.32 Å². The van der Waals surface area contributed by atoms with E-state index in [4.69, 9.17) is 0 Å². The van der Waals surface area contributed by atoms with Crippen LogP contribution in [0.3, 0.4) is 0 Å².